The molecule has 1 aromatic heterocycles. The number of nitrogens with two attached hydrogens (primary N) is 1. The lowest BCUT2D eigenvalue weighted by molar-refractivity contribution is 0.102. The van der Waals surface area contributed by atoms with Crippen molar-refractivity contribution in [1.82, 2.24) is 9.78 Å². The predicted molar refractivity (Wildman–Crippen MR) is 84.8 cm³/mol. The largest absolute Gasteiger partial charge is 0.495 e. The Hall–Kier alpha value is -2.41. The van der Waals surface area contributed by atoms with E-state index >= 15 is 0 Å². The zero-order valence-electron chi connectivity index (χ0n) is 12.0. The summed E-state index contributed by atoms with van der Waals surface area (Å²) in [6.07, 6.45) is 1.67. The number of nitrogens with one attached hydrogen (secondary N) is 1. The van der Waals surface area contributed by atoms with Gasteiger partial charge in [-0.1, -0.05) is 12.2 Å². The summed E-state index contributed by atoms with van der Waals surface area (Å²) in [6, 6.07) is 5.13. The number of thiocarbonyl (C=S) groups is 1. The van der Waals surface area contributed by atoms with Crippen molar-refractivity contribution in [3.8, 4) is 5.75 Å². The average molecular weight is 304 g/mol. The van der Waals surface area contributed by atoms with Crippen molar-refractivity contribution < 1.29 is 9.53 Å². The van der Waals surface area contributed by atoms with Gasteiger partial charge in [0.15, 0.2) is 0 Å². The first-order valence-corrected chi connectivity index (χ1v) is 6.62. The molecule has 7 heteroatoms. The maximum Gasteiger partial charge on any atom is 0.259 e. The summed E-state index contributed by atoms with van der Waals surface area (Å²) in [7, 11) is 3.28. The molecule has 3 N–H and O–H groups in total. The van der Waals surface area contributed by atoms with E-state index in [0.717, 1.165) is 0 Å². The third-order valence-corrected chi connectivity index (χ3v) is 3.23. The van der Waals surface area contributed by atoms with Crippen molar-refractivity contribution in [1.29, 1.82) is 0 Å². The topological polar surface area (TPSA) is 82.2 Å². The molecule has 0 unspecified atom stereocenters. The number of ether oxygens (including phenoxy) is 1. The van der Waals surface area contributed by atoms with Gasteiger partial charge in [0.2, 0.25) is 0 Å². The van der Waals surface area contributed by atoms with Crippen LogP contribution in [-0.4, -0.2) is 27.8 Å². The smallest absolute Gasteiger partial charge is 0.259 e. The molecule has 21 heavy (non-hydrogen) atoms. The van der Waals surface area contributed by atoms with Crippen LogP contribution in [0.25, 0.3) is 0 Å². The van der Waals surface area contributed by atoms with Crippen LogP contribution in [0.1, 0.15) is 21.6 Å². The molecule has 1 heterocycles. The highest BCUT2D eigenvalue weighted by atomic mass is 32.1. The number of rotatable bonds is 4. The van der Waals surface area contributed by atoms with Gasteiger partial charge in [-0.2, -0.15) is 5.10 Å². The summed E-state index contributed by atoms with van der Waals surface area (Å²) in [6.45, 7) is 1.78. The third-order valence-electron chi connectivity index (χ3n) is 2.99. The molecule has 0 aliphatic heterocycles. The third kappa shape index (κ3) is 3.19. The van der Waals surface area contributed by atoms with Crippen LogP contribution in [0, 0.1) is 6.92 Å². The zero-order chi connectivity index (χ0) is 15.6. The molecule has 0 saturated carbocycles. The Morgan fingerprint density at radius 1 is 1.48 bits per heavy atom. The van der Waals surface area contributed by atoms with Crippen LogP contribution in [-0.2, 0) is 7.05 Å². The number of methoxy groups -OCH3 is 1. The standard InChI is InChI=1S/C14H16N4O2S/c1-8-10(7-18(2)17-8)14(19)16-11-5-4-9(13(15)21)6-12(11)20-3/h4-7H,1-3H3,(H2,15,21)(H,16,19). The van der Waals surface area contributed by atoms with Gasteiger partial charge in [-0.05, 0) is 25.1 Å². The van der Waals surface area contributed by atoms with Gasteiger partial charge in [0, 0.05) is 18.8 Å². The lowest BCUT2D eigenvalue weighted by Crippen LogP contribution is -2.14. The summed E-state index contributed by atoms with van der Waals surface area (Å²) in [5, 5.41) is 6.94. The summed E-state index contributed by atoms with van der Waals surface area (Å²) < 4.78 is 6.85. The van der Waals surface area contributed by atoms with Gasteiger partial charge < -0.3 is 15.8 Å². The van der Waals surface area contributed by atoms with E-state index in [4.69, 9.17) is 22.7 Å². The lowest BCUT2D eigenvalue weighted by Gasteiger charge is -2.11. The highest BCUT2D eigenvalue weighted by Crippen LogP contribution is 2.26. The SMILES string of the molecule is COc1cc(C(N)=S)ccc1NC(=O)c1cn(C)nc1C. The number of aryl methyl sites for hydroxylation is 2. The molecule has 0 radical (unpaired) electrons. The fourth-order valence-corrected chi connectivity index (χ4v) is 2.09. The zero-order valence-corrected chi connectivity index (χ0v) is 12.8. The van der Waals surface area contributed by atoms with E-state index in [9.17, 15) is 4.79 Å². The molecule has 0 spiro atoms. The number of anilines is 1. The predicted octanol–water partition coefficient (Wildman–Crippen LogP) is 1.62. The van der Waals surface area contributed by atoms with E-state index in [1.807, 2.05) is 0 Å². The molecular formula is C14H16N4O2S. The van der Waals surface area contributed by atoms with Crippen molar-refractivity contribution in [3.63, 3.8) is 0 Å². The van der Waals surface area contributed by atoms with Crippen LogP contribution in [0.3, 0.4) is 0 Å². The minimum Gasteiger partial charge on any atom is -0.495 e. The number of carbonyl (C=O) groups is 1. The van der Waals surface area contributed by atoms with Crippen LogP contribution in [0.15, 0.2) is 24.4 Å². The van der Waals surface area contributed by atoms with Gasteiger partial charge in [-0.3, -0.25) is 9.48 Å². The average Bonchev–Trinajstić information content (AvgIpc) is 2.78. The molecule has 1 amide bonds. The number of aromatic nitrogens is 2. The van der Waals surface area contributed by atoms with Gasteiger partial charge in [-0.15, -0.1) is 0 Å². The molecule has 110 valence electrons. The number of hydrogen-bond acceptors (Lipinski definition) is 4. The Morgan fingerprint density at radius 3 is 2.71 bits per heavy atom. The molecular weight excluding hydrogens is 288 g/mol. The summed E-state index contributed by atoms with van der Waals surface area (Å²) in [5.74, 6) is 0.247. The molecule has 0 fully saturated rings. The summed E-state index contributed by atoms with van der Waals surface area (Å²) in [4.78, 5) is 12.5. The van der Waals surface area contributed by atoms with Gasteiger partial charge in [-0.25, -0.2) is 0 Å². The first-order chi connectivity index (χ1) is 9.92. The number of amides is 1. The normalized spacial score (nSPS) is 10.2. The minimum atomic E-state index is -0.248. The number of carbonyl (C=O) groups excluding carboxylic acids is 1. The van der Waals surface area contributed by atoms with E-state index in [1.54, 1.807) is 43.0 Å². The van der Waals surface area contributed by atoms with Crippen LogP contribution < -0.4 is 15.8 Å². The Kier molecular flexibility index (Phi) is 4.23. The molecule has 6 nitrogen and oxygen atoms in total. The molecule has 2 rings (SSSR count). The van der Waals surface area contributed by atoms with Crippen molar-refractivity contribution in [3.05, 3.63) is 41.2 Å². The maximum absolute atomic E-state index is 12.3. The van der Waals surface area contributed by atoms with E-state index in [2.05, 4.69) is 10.4 Å². The van der Waals surface area contributed by atoms with Crippen LogP contribution in [0.4, 0.5) is 5.69 Å². The van der Waals surface area contributed by atoms with E-state index in [1.165, 1.54) is 7.11 Å². The second-order valence-corrected chi connectivity index (χ2v) is 4.98. The van der Waals surface area contributed by atoms with Gasteiger partial charge >= 0.3 is 0 Å². The highest BCUT2D eigenvalue weighted by Gasteiger charge is 2.15. The Labute approximate surface area is 127 Å². The molecule has 1 aromatic carbocycles. The summed E-state index contributed by atoms with van der Waals surface area (Å²) in [5.41, 5.74) is 7.98. The van der Waals surface area contributed by atoms with Gasteiger partial charge in [0.25, 0.3) is 5.91 Å². The molecule has 0 atom stereocenters. The summed E-state index contributed by atoms with van der Waals surface area (Å²) >= 11 is 4.92. The van der Waals surface area contributed by atoms with Gasteiger partial charge in [0.1, 0.15) is 10.7 Å². The minimum absolute atomic E-state index is 0.248. The van der Waals surface area contributed by atoms with Crippen LogP contribution in [0.2, 0.25) is 0 Å². The fourth-order valence-electron chi connectivity index (χ4n) is 1.96. The van der Waals surface area contributed by atoms with E-state index in [0.29, 0.717) is 28.3 Å². The van der Waals surface area contributed by atoms with Gasteiger partial charge in [0.05, 0.1) is 24.1 Å². The quantitative estimate of drug-likeness (QED) is 0.839. The first kappa shape index (κ1) is 15.0. The van der Waals surface area contributed by atoms with Crippen molar-refractivity contribution in [2.45, 2.75) is 6.92 Å². The monoisotopic (exact) mass is 304 g/mol. The second-order valence-electron chi connectivity index (χ2n) is 4.54. The van der Waals surface area contributed by atoms with Crippen molar-refractivity contribution in [2.24, 2.45) is 12.8 Å². The molecule has 2 aromatic rings. The number of benzene rings is 1. The number of nitrogens with zero attached hydrogens (tertiary/aromatic N) is 2. The maximum atomic E-state index is 12.3. The molecule has 0 aliphatic carbocycles. The van der Waals surface area contributed by atoms with Crippen molar-refractivity contribution in [2.75, 3.05) is 12.4 Å². The Morgan fingerprint density at radius 2 is 2.19 bits per heavy atom. The van der Waals surface area contributed by atoms with Crippen LogP contribution in [0.5, 0.6) is 5.75 Å². The Balaban J connectivity index is 2.29. The molecule has 0 saturated heterocycles. The van der Waals surface area contributed by atoms with Crippen molar-refractivity contribution >= 4 is 28.8 Å². The molecule has 0 aliphatic rings. The Bertz CT molecular complexity index is 709. The second kappa shape index (κ2) is 5.92. The first-order valence-electron chi connectivity index (χ1n) is 6.22. The lowest BCUT2D eigenvalue weighted by atomic mass is 10.1. The molecule has 0 bridgehead atoms. The number of hydrogen-bond donors (Lipinski definition) is 2. The fraction of sp³-hybridized carbons (Fsp3) is 0.214. The van der Waals surface area contributed by atoms with Crippen LogP contribution >= 0.6 is 12.2 Å². The van der Waals surface area contributed by atoms with E-state index < -0.39 is 0 Å². The highest BCUT2D eigenvalue weighted by molar-refractivity contribution is 7.80. The van der Waals surface area contributed by atoms with E-state index in [-0.39, 0.29) is 10.9 Å².